The van der Waals surface area contributed by atoms with Gasteiger partial charge >= 0.3 is 0 Å². The average molecular weight is 315 g/mol. The van der Waals surface area contributed by atoms with Crippen LogP contribution in [0.25, 0.3) is 0 Å². The summed E-state index contributed by atoms with van der Waals surface area (Å²) in [6, 6.07) is 6.70. The Balaban J connectivity index is 1.75. The third kappa shape index (κ3) is 3.78. The molecule has 1 aliphatic carbocycles. The van der Waals surface area contributed by atoms with Crippen LogP contribution < -0.4 is 0 Å². The molecule has 0 unspecified atom stereocenters. The summed E-state index contributed by atoms with van der Waals surface area (Å²) in [6.45, 7) is 5.10. The highest BCUT2D eigenvalue weighted by Crippen LogP contribution is 2.32. The van der Waals surface area contributed by atoms with Crippen LogP contribution >= 0.6 is 0 Å². The first-order valence-corrected chi connectivity index (χ1v) is 8.09. The standard InChI is InChI=1S/C18H22FN3O/c1-13(2)22(18(23)15-6-7-15)12-17-20-8-9-21(17)11-14-4-3-5-16(19)10-14/h3-5,8-10,13,15H,6-7,11-12H2,1-2H3. The van der Waals surface area contributed by atoms with Crippen molar-refractivity contribution in [1.29, 1.82) is 0 Å². The summed E-state index contributed by atoms with van der Waals surface area (Å²) in [7, 11) is 0. The number of hydrogen-bond donors (Lipinski definition) is 0. The van der Waals surface area contributed by atoms with Gasteiger partial charge < -0.3 is 9.47 Å². The number of benzene rings is 1. The molecule has 0 radical (unpaired) electrons. The molecule has 1 aromatic heterocycles. The van der Waals surface area contributed by atoms with Gasteiger partial charge in [-0.3, -0.25) is 4.79 Å². The van der Waals surface area contributed by atoms with Crippen LogP contribution in [-0.2, 0) is 17.9 Å². The number of rotatable bonds is 6. The Kier molecular flexibility index (Phi) is 4.46. The summed E-state index contributed by atoms with van der Waals surface area (Å²) < 4.78 is 15.3. The van der Waals surface area contributed by atoms with E-state index in [0.29, 0.717) is 13.1 Å². The Morgan fingerprint density at radius 2 is 2.22 bits per heavy atom. The molecule has 0 spiro atoms. The zero-order valence-corrected chi connectivity index (χ0v) is 13.6. The van der Waals surface area contributed by atoms with Crippen LogP contribution in [0.3, 0.4) is 0 Å². The Hall–Kier alpha value is -2.17. The van der Waals surface area contributed by atoms with Gasteiger partial charge in [-0.05, 0) is 44.4 Å². The van der Waals surface area contributed by atoms with Crippen molar-refractivity contribution >= 4 is 5.91 Å². The van der Waals surface area contributed by atoms with Gasteiger partial charge in [-0.15, -0.1) is 0 Å². The van der Waals surface area contributed by atoms with E-state index >= 15 is 0 Å². The Morgan fingerprint density at radius 1 is 1.43 bits per heavy atom. The average Bonchev–Trinajstić information content (AvgIpc) is 3.26. The SMILES string of the molecule is CC(C)N(Cc1nccn1Cc1cccc(F)c1)C(=O)C1CC1. The predicted molar refractivity (Wildman–Crippen MR) is 86.1 cm³/mol. The molecular weight excluding hydrogens is 293 g/mol. The number of halogens is 1. The van der Waals surface area contributed by atoms with Crippen molar-refractivity contribution in [1.82, 2.24) is 14.5 Å². The Labute approximate surface area is 135 Å². The normalized spacial score (nSPS) is 14.3. The van der Waals surface area contributed by atoms with Gasteiger partial charge in [0.2, 0.25) is 5.91 Å². The highest BCUT2D eigenvalue weighted by atomic mass is 19.1. The number of nitrogens with zero attached hydrogens (tertiary/aromatic N) is 3. The van der Waals surface area contributed by atoms with E-state index in [0.717, 1.165) is 24.2 Å². The molecule has 1 fully saturated rings. The molecule has 0 aliphatic heterocycles. The van der Waals surface area contributed by atoms with Crippen molar-refractivity contribution < 1.29 is 9.18 Å². The maximum Gasteiger partial charge on any atom is 0.226 e. The Bertz CT molecular complexity index is 691. The maximum absolute atomic E-state index is 13.3. The van der Waals surface area contributed by atoms with Crippen molar-refractivity contribution in [3.63, 3.8) is 0 Å². The lowest BCUT2D eigenvalue weighted by Crippen LogP contribution is -2.38. The third-order valence-corrected chi connectivity index (χ3v) is 4.19. The molecule has 0 saturated heterocycles. The quantitative estimate of drug-likeness (QED) is 0.821. The number of carbonyl (C=O) groups excluding carboxylic acids is 1. The number of hydrogen-bond acceptors (Lipinski definition) is 2. The van der Waals surface area contributed by atoms with Crippen LogP contribution in [0.5, 0.6) is 0 Å². The summed E-state index contributed by atoms with van der Waals surface area (Å²) in [4.78, 5) is 18.7. The van der Waals surface area contributed by atoms with E-state index in [-0.39, 0.29) is 23.7 Å². The number of aromatic nitrogens is 2. The lowest BCUT2D eigenvalue weighted by molar-refractivity contribution is -0.135. The molecule has 1 aromatic carbocycles. The smallest absolute Gasteiger partial charge is 0.226 e. The van der Waals surface area contributed by atoms with Crippen LogP contribution in [0.2, 0.25) is 0 Å². The molecule has 0 atom stereocenters. The van der Waals surface area contributed by atoms with Crippen molar-refractivity contribution in [2.75, 3.05) is 0 Å². The zero-order valence-electron chi connectivity index (χ0n) is 13.6. The van der Waals surface area contributed by atoms with E-state index in [1.807, 2.05) is 35.6 Å². The van der Waals surface area contributed by atoms with Gasteiger partial charge in [0, 0.05) is 30.9 Å². The molecule has 1 amide bonds. The van der Waals surface area contributed by atoms with Crippen LogP contribution in [0.4, 0.5) is 4.39 Å². The van der Waals surface area contributed by atoms with E-state index in [4.69, 9.17) is 0 Å². The zero-order chi connectivity index (χ0) is 16.4. The van der Waals surface area contributed by atoms with Crippen molar-refractivity contribution in [2.45, 2.75) is 45.8 Å². The second-order valence-electron chi connectivity index (χ2n) is 6.44. The molecule has 4 nitrogen and oxygen atoms in total. The van der Waals surface area contributed by atoms with E-state index in [2.05, 4.69) is 4.98 Å². The van der Waals surface area contributed by atoms with Crippen LogP contribution in [-0.4, -0.2) is 26.4 Å². The molecule has 0 N–H and O–H groups in total. The first-order valence-electron chi connectivity index (χ1n) is 8.09. The number of imidazole rings is 1. The summed E-state index contributed by atoms with van der Waals surface area (Å²) in [5.41, 5.74) is 0.883. The molecule has 0 bridgehead atoms. The molecule has 1 aliphatic rings. The minimum atomic E-state index is -0.239. The van der Waals surface area contributed by atoms with Gasteiger partial charge in [0.05, 0.1) is 6.54 Å². The fourth-order valence-electron chi connectivity index (χ4n) is 2.70. The molecule has 2 aromatic rings. The van der Waals surface area contributed by atoms with Crippen LogP contribution in [0, 0.1) is 11.7 Å². The molecule has 1 heterocycles. The lowest BCUT2D eigenvalue weighted by atomic mass is 10.2. The van der Waals surface area contributed by atoms with Gasteiger partial charge in [-0.25, -0.2) is 9.37 Å². The van der Waals surface area contributed by atoms with Crippen LogP contribution in [0.1, 0.15) is 38.1 Å². The second kappa shape index (κ2) is 6.52. The van der Waals surface area contributed by atoms with Gasteiger partial charge in [0.1, 0.15) is 11.6 Å². The summed E-state index contributed by atoms with van der Waals surface area (Å²) in [5.74, 6) is 1.01. The molecule has 3 rings (SSSR count). The molecule has 122 valence electrons. The third-order valence-electron chi connectivity index (χ3n) is 4.19. The van der Waals surface area contributed by atoms with E-state index in [1.54, 1.807) is 12.3 Å². The minimum Gasteiger partial charge on any atom is -0.333 e. The molecular formula is C18H22FN3O. The largest absolute Gasteiger partial charge is 0.333 e. The summed E-state index contributed by atoms with van der Waals surface area (Å²) in [6.07, 6.45) is 5.61. The predicted octanol–water partition coefficient (Wildman–Crippen LogP) is 3.22. The fourth-order valence-corrected chi connectivity index (χ4v) is 2.70. The van der Waals surface area contributed by atoms with Gasteiger partial charge in [-0.1, -0.05) is 12.1 Å². The Morgan fingerprint density at radius 3 is 2.87 bits per heavy atom. The monoisotopic (exact) mass is 315 g/mol. The second-order valence-corrected chi connectivity index (χ2v) is 6.44. The highest BCUT2D eigenvalue weighted by molar-refractivity contribution is 5.81. The minimum absolute atomic E-state index is 0.141. The fraction of sp³-hybridized carbons (Fsp3) is 0.444. The maximum atomic E-state index is 13.3. The van der Waals surface area contributed by atoms with E-state index in [1.165, 1.54) is 12.1 Å². The molecule has 1 saturated carbocycles. The van der Waals surface area contributed by atoms with E-state index in [9.17, 15) is 9.18 Å². The van der Waals surface area contributed by atoms with Crippen molar-refractivity contribution in [2.24, 2.45) is 5.92 Å². The van der Waals surface area contributed by atoms with E-state index < -0.39 is 0 Å². The lowest BCUT2D eigenvalue weighted by Gasteiger charge is -2.27. The highest BCUT2D eigenvalue weighted by Gasteiger charge is 2.34. The summed E-state index contributed by atoms with van der Waals surface area (Å²) in [5, 5.41) is 0. The van der Waals surface area contributed by atoms with Gasteiger partial charge in [0.15, 0.2) is 0 Å². The molecule has 5 heteroatoms. The first kappa shape index (κ1) is 15.7. The van der Waals surface area contributed by atoms with Gasteiger partial charge in [-0.2, -0.15) is 0 Å². The topological polar surface area (TPSA) is 38.1 Å². The summed E-state index contributed by atoms with van der Waals surface area (Å²) >= 11 is 0. The van der Waals surface area contributed by atoms with Crippen molar-refractivity contribution in [3.8, 4) is 0 Å². The number of amides is 1. The number of carbonyl (C=O) groups is 1. The van der Waals surface area contributed by atoms with Gasteiger partial charge in [0.25, 0.3) is 0 Å². The van der Waals surface area contributed by atoms with Crippen molar-refractivity contribution in [3.05, 3.63) is 53.9 Å². The first-order chi connectivity index (χ1) is 11.0. The molecule has 23 heavy (non-hydrogen) atoms. The van der Waals surface area contributed by atoms with Crippen LogP contribution in [0.15, 0.2) is 36.7 Å².